The van der Waals surface area contributed by atoms with Gasteiger partial charge in [0.1, 0.15) is 23.2 Å². The van der Waals surface area contributed by atoms with Crippen LogP contribution in [0.15, 0.2) is 18.2 Å². The van der Waals surface area contributed by atoms with E-state index in [0.29, 0.717) is 24.4 Å². The highest BCUT2D eigenvalue weighted by atomic mass is 28.4. The SMILES string of the molecule is CC(C)(C)OC(=O)N1CCCCC1Nc1cc(O[Si](C)(C)C(C)(C)C)ccc1[N+](=O)[O-]. The minimum absolute atomic E-state index is 0.000744. The first-order chi connectivity index (χ1) is 14.1. The summed E-state index contributed by atoms with van der Waals surface area (Å²) in [5.41, 5.74) is -0.305. The molecule has 9 heteroatoms. The van der Waals surface area contributed by atoms with Gasteiger partial charge in [-0.3, -0.25) is 15.0 Å². The number of hydrogen-bond donors (Lipinski definition) is 1. The number of rotatable bonds is 5. The summed E-state index contributed by atoms with van der Waals surface area (Å²) in [4.78, 5) is 25.6. The third-order valence-electron chi connectivity index (χ3n) is 5.80. The largest absolute Gasteiger partial charge is 0.543 e. The maximum atomic E-state index is 12.7. The Morgan fingerprint density at radius 2 is 1.84 bits per heavy atom. The van der Waals surface area contributed by atoms with Gasteiger partial charge in [0.25, 0.3) is 5.69 Å². The maximum absolute atomic E-state index is 12.7. The Kier molecular flexibility index (Phi) is 7.30. The molecule has 0 aliphatic carbocycles. The van der Waals surface area contributed by atoms with E-state index in [2.05, 4.69) is 39.2 Å². The van der Waals surface area contributed by atoms with E-state index < -0.39 is 24.9 Å². The van der Waals surface area contributed by atoms with Crippen LogP contribution < -0.4 is 9.74 Å². The second-order valence-corrected chi connectivity index (χ2v) is 15.4. The number of nitrogens with one attached hydrogen (secondary N) is 1. The summed E-state index contributed by atoms with van der Waals surface area (Å²) in [7, 11) is -2.11. The molecule has 1 aromatic rings. The number of nitro groups is 1. The monoisotopic (exact) mass is 451 g/mol. The van der Waals surface area contributed by atoms with E-state index in [-0.39, 0.29) is 16.9 Å². The molecule has 1 atom stereocenters. The molecule has 1 saturated heterocycles. The van der Waals surface area contributed by atoms with Crippen molar-refractivity contribution in [1.29, 1.82) is 0 Å². The zero-order valence-electron chi connectivity index (χ0n) is 20.1. The fraction of sp³-hybridized carbons (Fsp3) is 0.682. The summed E-state index contributed by atoms with van der Waals surface area (Å²) in [6, 6.07) is 4.79. The molecule has 1 N–H and O–H groups in total. The Morgan fingerprint density at radius 1 is 1.19 bits per heavy atom. The second-order valence-electron chi connectivity index (χ2n) is 10.6. The van der Waals surface area contributed by atoms with Crippen LogP contribution in [0.2, 0.25) is 18.1 Å². The first kappa shape index (κ1) is 25.0. The van der Waals surface area contributed by atoms with Crippen LogP contribution in [0.3, 0.4) is 0 Å². The molecular weight excluding hydrogens is 414 g/mol. The summed E-state index contributed by atoms with van der Waals surface area (Å²) >= 11 is 0. The second kappa shape index (κ2) is 9.06. The quantitative estimate of drug-likeness (QED) is 0.328. The van der Waals surface area contributed by atoms with Crippen molar-refractivity contribution in [2.75, 3.05) is 11.9 Å². The fourth-order valence-electron chi connectivity index (χ4n) is 3.10. The van der Waals surface area contributed by atoms with E-state index in [1.807, 2.05) is 20.8 Å². The smallest absolute Gasteiger partial charge is 0.411 e. The van der Waals surface area contributed by atoms with Crippen molar-refractivity contribution in [3.8, 4) is 5.75 Å². The number of nitrogens with zero attached hydrogens (tertiary/aromatic N) is 2. The Hall–Kier alpha value is -2.29. The number of benzene rings is 1. The summed E-state index contributed by atoms with van der Waals surface area (Å²) in [5, 5.41) is 14.9. The lowest BCUT2D eigenvalue weighted by molar-refractivity contribution is -0.384. The lowest BCUT2D eigenvalue weighted by Gasteiger charge is -2.38. The van der Waals surface area contributed by atoms with Crippen molar-refractivity contribution >= 4 is 25.8 Å². The van der Waals surface area contributed by atoms with Gasteiger partial charge in [-0.05, 0) is 64.2 Å². The molecule has 1 amide bonds. The molecule has 1 aliphatic heterocycles. The van der Waals surface area contributed by atoms with Gasteiger partial charge in [-0.25, -0.2) is 4.79 Å². The predicted octanol–water partition coefficient (Wildman–Crippen LogP) is 6.14. The first-order valence-electron chi connectivity index (χ1n) is 10.8. The van der Waals surface area contributed by atoms with Gasteiger partial charge >= 0.3 is 6.09 Å². The Balaban J connectivity index is 2.32. The normalized spacial score (nSPS) is 17.8. The van der Waals surface area contributed by atoms with Crippen molar-refractivity contribution in [2.45, 2.75) is 90.7 Å². The molecule has 1 aliphatic rings. The lowest BCUT2D eigenvalue weighted by atomic mass is 10.1. The van der Waals surface area contributed by atoms with Crippen LogP contribution in [0.5, 0.6) is 5.75 Å². The number of ether oxygens (including phenoxy) is 1. The van der Waals surface area contributed by atoms with Crippen molar-refractivity contribution in [1.82, 2.24) is 4.90 Å². The molecular formula is C22H37N3O5Si. The van der Waals surface area contributed by atoms with E-state index >= 15 is 0 Å². The Labute approximate surface area is 186 Å². The molecule has 0 radical (unpaired) electrons. The van der Waals surface area contributed by atoms with Gasteiger partial charge in [-0.15, -0.1) is 0 Å². The number of piperidine rings is 1. The Bertz CT molecular complexity index is 814. The number of anilines is 1. The maximum Gasteiger partial charge on any atom is 0.411 e. The van der Waals surface area contributed by atoms with Gasteiger partial charge < -0.3 is 14.5 Å². The van der Waals surface area contributed by atoms with Crippen LogP contribution in [0, 0.1) is 10.1 Å². The highest BCUT2D eigenvalue weighted by Gasteiger charge is 2.39. The molecule has 31 heavy (non-hydrogen) atoms. The number of nitro benzene ring substituents is 1. The minimum Gasteiger partial charge on any atom is -0.543 e. The third-order valence-corrected chi connectivity index (χ3v) is 10.2. The van der Waals surface area contributed by atoms with Crippen LogP contribution in [-0.2, 0) is 4.74 Å². The summed E-state index contributed by atoms with van der Waals surface area (Å²) < 4.78 is 11.9. The molecule has 1 aromatic carbocycles. The topological polar surface area (TPSA) is 93.9 Å². The molecule has 2 rings (SSSR count). The first-order valence-corrected chi connectivity index (χ1v) is 13.8. The average Bonchev–Trinajstić information content (AvgIpc) is 2.59. The van der Waals surface area contributed by atoms with Crippen LogP contribution in [0.4, 0.5) is 16.2 Å². The van der Waals surface area contributed by atoms with Gasteiger partial charge in [-0.2, -0.15) is 0 Å². The number of carbonyl (C=O) groups excluding carboxylic acids is 1. The van der Waals surface area contributed by atoms with Gasteiger partial charge in [0, 0.05) is 18.7 Å². The van der Waals surface area contributed by atoms with Crippen LogP contribution in [0.25, 0.3) is 0 Å². The highest BCUT2D eigenvalue weighted by molar-refractivity contribution is 6.74. The van der Waals surface area contributed by atoms with Gasteiger partial charge in [0.05, 0.1) is 4.92 Å². The van der Waals surface area contributed by atoms with E-state index in [0.717, 1.165) is 12.8 Å². The zero-order chi connectivity index (χ0) is 23.6. The number of carbonyl (C=O) groups is 1. The van der Waals surface area contributed by atoms with Crippen LogP contribution in [0.1, 0.15) is 60.8 Å². The summed E-state index contributed by atoms with van der Waals surface area (Å²) in [5.74, 6) is 0.597. The van der Waals surface area contributed by atoms with Crippen molar-refractivity contribution in [3.05, 3.63) is 28.3 Å². The van der Waals surface area contributed by atoms with Gasteiger partial charge in [0.15, 0.2) is 0 Å². The van der Waals surface area contributed by atoms with Crippen LogP contribution >= 0.6 is 0 Å². The fourth-order valence-corrected chi connectivity index (χ4v) is 4.12. The molecule has 8 nitrogen and oxygen atoms in total. The molecule has 174 valence electrons. The molecule has 1 unspecified atom stereocenters. The average molecular weight is 452 g/mol. The van der Waals surface area contributed by atoms with Gasteiger partial charge in [-0.1, -0.05) is 20.8 Å². The highest BCUT2D eigenvalue weighted by Crippen LogP contribution is 2.39. The van der Waals surface area contributed by atoms with E-state index in [1.165, 1.54) is 6.07 Å². The lowest BCUT2D eigenvalue weighted by Crippen LogP contribution is -2.49. The van der Waals surface area contributed by atoms with Crippen molar-refractivity contribution < 1.29 is 18.9 Å². The van der Waals surface area contributed by atoms with Crippen LogP contribution in [-0.4, -0.2) is 42.5 Å². The standard InChI is InChI=1S/C22H37N3O5Si/c1-21(2,3)29-20(26)24-14-10-9-11-19(24)23-17-15-16(12-13-18(17)25(27)28)30-31(7,8)22(4,5)6/h12-13,15,19,23H,9-11,14H2,1-8H3. The van der Waals surface area contributed by atoms with Crippen molar-refractivity contribution in [2.24, 2.45) is 0 Å². The van der Waals surface area contributed by atoms with E-state index in [9.17, 15) is 14.9 Å². The molecule has 1 fully saturated rings. The van der Waals surface area contributed by atoms with Gasteiger partial charge in [0.2, 0.25) is 8.32 Å². The molecule has 0 spiro atoms. The predicted molar refractivity (Wildman–Crippen MR) is 125 cm³/mol. The Morgan fingerprint density at radius 3 is 2.39 bits per heavy atom. The number of amides is 1. The molecule has 0 saturated carbocycles. The zero-order valence-corrected chi connectivity index (χ0v) is 21.1. The summed E-state index contributed by atoms with van der Waals surface area (Å²) in [6.07, 6.45) is 1.68. The minimum atomic E-state index is -2.11. The van der Waals surface area contributed by atoms with Crippen molar-refractivity contribution in [3.63, 3.8) is 0 Å². The van der Waals surface area contributed by atoms with E-state index in [4.69, 9.17) is 9.16 Å². The number of likely N-dealkylation sites (tertiary alicyclic amines) is 1. The third kappa shape index (κ3) is 6.59. The summed E-state index contributed by atoms with van der Waals surface area (Å²) in [6.45, 7) is 16.7. The molecule has 0 bridgehead atoms. The van der Waals surface area contributed by atoms with E-state index in [1.54, 1.807) is 17.0 Å². The number of hydrogen-bond acceptors (Lipinski definition) is 6. The molecule has 0 aromatic heterocycles. The molecule has 1 heterocycles.